The molecular formula is C35H49BrN4O4. The molecule has 1 aliphatic carbocycles. The molecule has 1 atom stereocenters. The number of piperazine rings is 1. The van der Waals surface area contributed by atoms with Gasteiger partial charge in [-0.2, -0.15) is 0 Å². The molecule has 0 spiro atoms. The maximum Gasteiger partial charge on any atom is 0.0969 e. The summed E-state index contributed by atoms with van der Waals surface area (Å²) < 4.78 is 21.4. The Morgan fingerprint density at radius 3 is 2.52 bits per heavy atom. The highest BCUT2D eigenvalue weighted by Crippen LogP contribution is 2.42. The Labute approximate surface area is 270 Å². The number of hydrogen-bond donors (Lipinski definition) is 1. The van der Waals surface area contributed by atoms with Gasteiger partial charge in [0.05, 0.1) is 42.1 Å². The molecule has 240 valence electrons. The monoisotopic (exact) mass is 668 g/mol. The maximum absolute atomic E-state index is 10.4. The zero-order valence-corrected chi connectivity index (χ0v) is 28.4. The van der Waals surface area contributed by atoms with E-state index in [-0.39, 0.29) is 24.2 Å². The zero-order chi connectivity index (χ0) is 30.8. The van der Waals surface area contributed by atoms with E-state index in [9.17, 15) is 5.11 Å². The Bertz CT molecular complexity index is 1420. The van der Waals surface area contributed by atoms with Crippen molar-refractivity contribution in [3.05, 3.63) is 46.2 Å². The van der Waals surface area contributed by atoms with Gasteiger partial charge in [-0.15, -0.1) is 0 Å². The van der Waals surface area contributed by atoms with Crippen LogP contribution >= 0.6 is 15.9 Å². The van der Waals surface area contributed by atoms with Crippen molar-refractivity contribution in [1.82, 2.24) is 14.5 Å². The van der Waals surface area contributed by atoms with Crippen LogP contribution in [0.15, 0.2) is 34.9 Å². The molecule has 44 heavy (non-hydrogen) atoms. The van der Waals surface area contributed by atoms with Gasteiger partial charge >= 0.3 is 0 Å². The van der Waals surface area contributed by atoms with Crippen LogP contribution in [0.4, 0.5) is 5.69 Å². The van der Waals surface area contributed by atoms with Gasteiger partial charge in [-0.3, -0.25) is 9.88 Å². The zero-order valence-electron chi connectivity index (χ0n) is 26.9. The summed E-state index contributed by atoms with van der Waals surface area (Å²) in [6.07, 6.45) is 7.40. The predicted octanol–water partition coefficient (Wildman–Crippen LogP) is 6.21. The van der Waals surface area contributed by atoms with Crippen LogP contribution in [0, 0.1) is 5.41 Å². The first kappa shape index (κ1) is 32.0. The van der Waals surface area contributed by atoms with Crippen LogP contribution in [0.25, 0.3) is 22.2 Å². The fourth-order valence-electron chi connectivity index (χ4n) is 6.85. The number of aromatic nitrogens is 2. The lowest BCUT2D eigenvalue weighted by molar-refractivity contribution is -0.0336. The number of aliphatic hydroxyl groups is 1. The summed E-state index contributed by atoms with van der Waals surface area (Å²) in [5.41, 5.74) is 6.45. The summed E-state index contributed by atoms with van der Waals surface area (Å²) in [6.45, 7) is 13.5. The second-order valence-corrected chi connectivity index (χ2v) is 14.5. The normalized spacial score (nSPS) is 19.6. The average molecular weight is 670 g/mol. The molecule has 9 heteroatoms. The Morgan fingerprint density at radius 2 is 1.84 bits per heavy atom. The lowest BCUT2D eigenvalue weighted by Crippen LogP contribution is -2.47. The van der Waals surface area contributed by atoms with Crippen LogP contribution in [0.1, 0.15) is 63.8 Å². The minimum Gasteiger partial charge on any atom is -0.396 e. The molecule has 1 unspecified atom stereocenters. The molecule has 0 amide bonds. The first-order valence-corrected chi connectivity index (χ1v) is 17.2. The van der Waals surface area contributed by atoms with Gasteiger partial charge in [-0.05, 0) is 74.3 Å². The van der Waals surface area contributed by atoms with Gasteiger partial charge in [0, 0.05) is 86.6 Å². The van der Waals surface area contributed by atoms with Crippen molar-refractivity contribution in [2.45, 2.75) is 77.7 Å². The number of halogens is 1. The summed E-state index contributed by atoms with van der Waals surface area (Å²) in [7, 11) is 1.76. The van der Waals surface area contributed by atoms with Gasteiger partial charge in [-0.25, -0.2) is 0 Å². The molecule has 8 nitrogen and oxygen atoms in total. The van der Waals surface area contributed by atoms with E-state index in [0.717, 1.165) is 98.4 Å². The molecule has 1 N–H and O–H groups in total. The van der Waals surface area contributed by atoms with Gasteiger partial charge in [0.15, 0.2) is 0 Å². The van der Waals surface area contributed by atoms with E-state index in [4.69, 9.17) is 19.2 Å². The van der Waals surface area contributed by atoms with Gasteiger partial charge < -0.3 is 28.8 Å². The molecular weight excluding hydrogens is 620 g/mol. The Balaban J connectivity index is 1.46. The van der Waals surface area contributed by atoms with Crippen LogP contribution in [-0.2, 0) is 27.2 Å². The fourth-order valence-corrected chi connectivity index (χ4v) is 7.21. The van der Waals surface area contributed by atoms with E-state index in [1.807, 2.05) is 6.20 Å². The molecule has 1 saturated carbocycles. The van der Waals surface area contributed by atoms with Gasteiger partial charge in [-0.1, -0.05) is 29.8 Å². The fraction of sp³-hybridized carbons (Fsp3) is 0.629. The van der Waals surface area contributed by atoms with Crippen LogP contribution in [0.3, 0.4) is 0 Å². The SMILES string of the molecule is COC(C)c1ncc(N2CCN(C3CC3)CC2)cc1-c1c(CC(C)(C)CO)c2cc(Br)ccc2n1CCOC1CCOCC1. The lowest BCUT2D eigenvalue weighted by atomic mass is 9.84. The van der Waals surface area contributed by atoms with Crippen LogP contribution in [-0.4, -0.2) is 91.4 Å². The minimum absolute atomic E-state index is 0.102. The van der Waals surface area contributed by atoms with Gasteiger partial charge in [0.25, 0.3) is 0 Å². The number of rotatable bonds is 12. The van der Waals surface area contributed by atoms with Crippen LogP contribution in [0.2, 0.25) is 0 Å². The summed E-state index contributed by atoms with van der Waals surface area (Å²) in [6, 6.07) is 9.70. The average Bonchev–Trinajstić information content (AvgIpc) is 3.86. The highest BCUT2D eigenvalue weighted by atomic mass is 79.9. The second-order valence-electron chi connectivity index (χ2n) is 13.6. The van der Waals surface area contributed by atoms with E-state index in [1.54, 1.807) is 7.11 Å². The smallest absolute Gasteiger partial charge is 0.0969 e. The van der Waals surface area contributed by atoms with Crippen molar-refractivity contribution < 1.29 is 19.3 Å². The Morgan fingerprint density at radius 1 is 1.09 bits per heavy atom. The number of fused-ring (bicyclic) bond motifs is 1. The van der Waals surface area contributed by atoms with Gasteiger partial charge in [0.1, 0.15) is 0 Å². The number of benzene rings is 1. The number of pyridine rings is 1. The van der Waals surface area contributed by atoms with E-state index in [0.29, 0.717) is 6.61 Å². The van der Waals surface area contributed by atoms with Crippen molar-refractivity contribution in [2.24, 2.45) is 5.41 Å². The number of nitrogens with zero attached hydrogens (tertiary/aromatic N) is 4. The summed E-state index contributed by atoms with van der Waals surface area (Å²) >= 11 is 3.75. The largest absolute Gasteiger partial charge is 0.396 e. The third-order valence-electron chi connectivity index (χ3n) is 9.69. The highest BCUT2D eigenvalue weighted by molar-refractivity contribution is 9.10. The summed E-state index contributed by atoms with van der Waals surface area (Å²) in [5.74, 6) is 0. The minimum atomic E-state index is -0.300. The van der Waals surface area contributed by atoms with Gasteiger partial charge in [0.2, 0.25) is 0 Å². The molecule has 3 aromatic rings. The molecule has 0 bridgehead atoms. The summed E-state index contributed by atoms with van der Waals surface area (Å²) in [4.78, 5) is 10.3. The molecule has 3 aliphatic rings. The number of aliphatic hydroxyl groups excluding tert-OH is 1. The van der Waals surface area contributed by atoms with E-state index in [1.165, 1.54) is 29.3 Å². The first-order chi connectivity index (χ1) is 21.3. The Hall–Kier alpha value is -2.01. The van der Waals surface area contributed by atoms with Crippen molar-refractivity contribution in [2.75, 3.05) is 64.6 Å². The molecule has 1 aromatic carbocycles. The van der Waals surface area contributed by atoms with Crippen LogP contribution in [0.5, 0.6) is 0 Å². The van der Waals surface area contributed by atoms with Crippen molar-refractivity contribution in [1.29, 1.82) is 0 Å². The molecule has 0 radical (unpaired) electrons. The van der Waals surface area contributed by atoms with E-state index in [2.05, 4.69) is 75.3 Å². The number of ether oxygens (including phenoxy) is 3. The van der Waals surface area contributed by atoms with Crippen molar-refractivity contribution >= 4 is 32.5 Å². The third kappa shape index (κ3) is 7.03. The van der Waals surface area contributed by atoms with E-state index < -0.39 is 0 Å². The first-order valence-electron chi connectivity index (χ1n) is 16.4. The summed E-state index contributed by atoms with van der Waals surface area (Å²) in [5, 5.41) is 11.6. The number of hydrogen-bond acceptors (Lipinski definition) is 7. The van der Waals surface area contributed by atoms with Crippen LogP contribution < -0.4 is 4.90 Å². The highest BCUT2D eigenvalue weighted by Gasteiger charge is 2.32. The molecule has 2 aliphatic heterocycles. The predicted molar refractivity (Wildman–Crippen MR) is 179 cm³/mol. The quantitative estimate of drug-likeness (QED) is 0.246. The van der Waals surface area contributed by atoms with E-state index >= 15 is 0 Å². The molecule has 4 heterocycles. The number of methoxy groups -OCH3 is 1. The molecule has 6 rings (SSSR count). The lowest BCUT2D eigenvalue weighted by Gasteiger charge is -2.36. The third-order valence-corrected chi connectivity index (χ3v) is 10.2. The molecule has 3 fully saturated rings. The molecule has 2 aromatic heterocycles. The second kappa shape index (κ2) is 13.8. The standard InChI is InChI=1S/C35H49BrN4O4/c1-24(42-4)33-30(20-27(22-37-33)39-13-11-38(12-14-39)26-6-7-26)34-31(21-35(2,3)23-41)29-19-25(36)5-8-32(29)40(34)15-18-44-28-9-16-43-17-10-28/h5,8,19-20,22,24,26,28,41H,6-7,9-18,21,23H2,1-4H3. The van der Waals surface area contributed by atoms with Crippen molar-refractivity contribution in [3.63, 3.8) is 0 Å². The maximum atomic E-state index is 10.4. The Kier molecular flexibility index (Phi) is 10.0. The topological polar surface area (TPSA) is 72.2 Å². The van der Waals surface area contributed by atoms with Crippen molar-refractivity contribution in [3.8, 4) is 11.3 Å². The molecule has 2 saturated heterocycles. The number of anilines is 1.